The Bertz CT molecular complexity index is 824. The van der Waals surface area contributed by atoms with Gasteiger partial charge < -0.3 is 4.90 Å². The number of aryl methyl sites for hydroxylation is 2. The number of piperazine rings is 1. The van der Waals surface area contributed by atoms with E-state index in [9.17, 15) is 0 Å². The summed E-state index contributed by atoms with van der Waals surface area (Å²) in [5.74, 6) is 0. The molecule has 134 valence electrons. The number of anilines is 1. The average molecular weight is 346 g/mol. The first-order chi connectivity index (χ1) is 12.7. The molecule has 2 aromatic carbocycles. The number of hydrogen-bond donors (Lipinski definition) is 1. The van der Waals surface area contributed by atoms with Gasteiger partial charge in [0, 0.05) is 32.7 Å². The van der Waals surface area contributed by atoms with Gasteiger partial charge in [-0.1, -0.05) is 54.6 Å². The van der Waals surface area contributed by atoms with Gasteiger partial charge >= 0.3 is 0 Å². The fourth-order valence-electron chi connectivity index (χ4n) is 3.83. The summed E-state index contributed by atoms with van der Waals surface area (Å²) >= 11 is 0. The summed E-state index contributed by atoms with van der Waals surface area (Å²) < 4.78 is 0. The molecule has 0 spiro atoms. The lowest BCUT2D eigenvalue weighted by atomic mass is 10.0. The molecule has 4 nitrogen and oxygen atoms in total. The first kappa shape index (κ1) is 16.9. The van der Waals surface area contributed by atoms with Crippen molar-refractivity contribution in [2.75, 3.05) is 31.1 Å². The summed E-state index contributed by atoms with van der Waals surface area (Å²) in [5.41, 5.74) is 7.51. The fourth-order valence-corrected chi connectivity index (χ4v) is 3.83. The number of nitrogens with zero attached hydrogens (tertiary/aromatic N) is 3. The summed E-state index contributed by atoms with van der Waals surface area (Å²) in [6.45, 7) is 9.50. The molecule has 4 heteroatoms. The van der Waals surface area contributed by atoms with Crippen LogP contribution >= 0.6 is 0 Å². The molecule has 1 aromatic heterocycles. The molecular weight excluding hydrogens is 320 g/mol. The molecule has 0 atom stereocenters. The van der Waals surface area contributed by atoms with Gasteiger partial charge in [0.15, 0.2) is 0 Å². The van der Waals surface area contributed by atoms with Crippen molar-refractivity contribution in [3.63, 3.8) is 0 Å². The first-order valence-electron chi connectivity index (χ1n) is 9.34. The third-order valence-electron chi connectivity index (χ3n) is 5.24. The van der Waals surface area contributed by atoms with Crippen LogP contribution in [0.15, 0.2) is 54.6 Å². The molecule has 1 fully saturated rings. The van der Waals surface area contributed by atoms with E-state index in [4.69, 9.17) is 0 Å². The van der Waals surface area contributed by atoms with E-state index in [1.807, 2.05) is 0 Å². The fraction of sp³-hybridized carbons (Fsp3) is 0.318. The molecule has 1 aliphatic rings. The van der Waals surface area contributed by atoms with Gasteiger partial charge in [-0.2, -0.15) is 5.10 Å². The number of aromatic nitrogens is 2. The van der Waals surface area contributed by atoms with Crippen molar-refractivity contribution in [2.45, 2.75) is 20.4 Å². The van der Waals surface area contributed by atoms with Crippen molar-refractivity contribution in [1.82, 2.24) is 15.1 Å². The minimum Gasteiger partial charge on any atom is -0.366 e. The van der Waals surface area contributed by atoms with Crippen LogP contribution < -0.4 is 4.90 Å². The monoisotopic (exact) mass is 346 g/mol. The predicted molar refractivity (Wildman–Crippen MR) is 107 cm³/mol. The van der Waals surface area contributed by atoms with Gasteiger partial charge in [-0.05, 0) is 30.5 Å². The molecule has 0 radical (unpaired) electrons. The highest BCUT2D eigenvalue weighted by molar-refractivity contribution is 5.63. The SMILES string of the molecule is Cc1n[nH]c(C)c1N1CCN(Cc2ccc(-c3ccccc3)cc2)CC1. The van der Waals surface area contributed by atoms with E-state index in [2.05, 4.69) is 88.4 Å². The van der Waals surface area contributed by atoms with Crippen LogP contribution in [0.1, 0.15) is 17.0 Å². The summed E-state index contributed by atoms with van der Waals surface area (Å²) in [7, 11) is 0. The van der Waals surface area contributed by atoms with E-state index < -0.39 is 0 Å². The molecule has 0 saturated carbocycles. The van der Waals surface area contributed by atoms with Crippen LogP contribution in [0.5, 0.6) is 0 Å². The van der Waals surface area contributed by atoms with Crippen molar-refractivity contribution < 1.29 is 0 Å². The third kappa shape index (κ3) is 3.51. The quantitative estimate of drug-likeness (QED) is 0.775. The first-order valence-corrected chi connectivity index (χ1v) is 9.34. The third-order valence-corrected chi connectivity index (χ3v) is 5.24. The summed E-state index contributed by atoms with van der Waals surface area (Å²) in [6, 6.07) is 19.6. The largest absolute Gasteiger partial charge is 0.366 e. The van der Waals surface area contributed by atoms with Crippen LogP contribution in [-0.2, 0) is 6.54 Å². The van der Waals surface area contributed by atoms with Crippen LogP contribution in [0.2, 0.25) is 0 Å². The minimum absolute atomic E-state index is 1.02. The van der Waals surface area contributed by atoms with Gasteiger partial charge in [-0.3, -0.25) is 10.00 Å². The van der Waals surface area contributed by atoms with Gasteiger partial charge in [0.2, 0.25) is 0 Å². The Balaban J connectivity index is 1.36. The van der Waals surface area contributed by atoms with Gasteiger partial charge in [0.1, 0.15) is 0 Å². The molecule has 2 heterocycles. The van der Waals surface area contributed by atoms with E-state index in [-0.39, 0.29) is 0 Å². The summed E-state index contributed by atoms with van der Waals surface area (Å²) in [5, 5.41) is 7.43. The Kier molecular flexibility index (Phi) is 4.76. The van der Waals surface area contributed by atoms with Crippen molar-refractivity contribution in [2.24, 2.45) is 0 Å². The molecule has 26 heavy (non-hydrogen) atoms. The highest BCUT2D eigenvalue weighted by Crippen LogP contribution is 2.24. The topological polar surface area (TPSA) is 35.2 Å². The maximum Gasteiger partial charge on any atom is 0.0827 e. The Morgan fingerprint density at radius 1 is 0.846 bits per heavy atom. The van der Waals surface area contributed by atoms with Gasteiger partial charge in [-0.25, -0.2) is 0 Å². The van der Waals surface area contributed by atoms with Gasteiger partial charge in [0.25, 0.3) is 0 Å². The van der Waals surface area contributed by atoms with E-state index in [1.54, 1.807) is 0 Å². The molecular formula is C22H26N4. The highest BCUT2D eigenvalue weighted by Gasteiger charge is 2.21. The number of H-pyrrole nitrogens is 1. The van der Waals surface area contributed by atoms with Crippen LogP contribution in [0, 0.1) is 13.8 Å². The zero-order valence-electron chi connectivity index (χ0n) is 15.6. The Morgan fingerprint density at radius 3 is 2.12 bits per heavy atom. The van der Waals surface area contributed by atoms with E-state index >= 15 is 0 Å². The average Bonchev–Trinajstić information content (AvgIpc) is 3.02. The van der Waals surface area contributed by atoms with Gasteiger partial charge in [0.05, 0.1) is 17.1 Å². The second-order valence-corrected chi connectivity index (χ2v) is 7.11. The molecule has 0 aliphatic carbocycles. The number of benzene rings is 2. The molecule has 1 N–H and O–H groups in total. The van der Waals surface area contributed by atoms with Crippen LogP contribution in [0.25, 0.3) is 11.1 Å². The van der Waals surface area contributed by atoms with Crippen molar-refractivity contribution in [1.29, 1.82) is 0 Å². The number of rotatable bonds is 4. The van der Waals surface area contributed by atoms with E-state index in [0.717, 1.165) is 38.4 Å². The van der Waals surface area contributed by atoms with Crippen molar-refractivity contribution >= 4 is 5.69 Å². The number of aromatic amines is 1. The number of nitrogens with one attached hydrogen (secondary N) is 1. The lowest BCUT2D eigenvalue weighted by Crippen LogP contribution is -2.46. The van der Waals surface area contributed by atoms with E-state index in [0.29, 0.717) is 0 Å². The predicted octanol–water partition coefficient (Wildman–Crippen LogP) is 4.02. The lowest BCUT2D eigenvalue weighted by Gasteiger charge is -2.36. The molecule has 3 aromatic rings. The second-order valence-electron chi connectivity index (χ2n) is 7.11. The zero-order valence-corrected chi connectivity index (χ0v) is 15.6. The zero-order chi connectivity index (χ0) is 17.9. The Labute approximate surface area is 155 Å². The smallest absolute Gasteiger partial charge is 0.0827 e. The van der Waals surface area contributed by atoms with Crippen molar-refractivity contribution in [3.8, 4) is 11.1 Å². The standard InChI is InChI=1S/C22H26N4/c1-17-22(18(2)24-23-17)26-14-12-25(13-15-26)16-19-8-10-21(11-9-19)20-6-4-3-5-7-20/h3-11H,12-16H2,1-2H3,(H,23,24). The molecule has 0 amide bonds. The second kappa shape index (κ2) is 7.34. The molecule has 0 bridgehead atoms. The number of hydrogen-bond acceptors (Lipinski definition) is 3. The maximum absolute atomic E-state index is 4.33. The molecule has 0 unspecified atom stereocenters. The molecule has 1 aliphatic heterocycles. The van der Waals surface area contributed by atoms with Crippen LogP contribution in [0.4, 0.5) is 5.69 Å². The van der Waals surface area contributed by atoms with Crippen molar-refractivity contribution in [3.05, 3.63) is 71.5 Å². The maximum atomic E-state index is 4.33. The van der Waals surface area contributed by atoms with Crippen LogP contribution in [-0.4, -0.2) is 41.3 Å². The van der Waals surface area contributed by atoms with Crippen LogP contribution in [0.3, 0.4) is 0 Å². The summed E-state index contributed by atoms with van der Waals surface area (Å²) in [4.78, 5) is 5.00. The Hall–Kier alpha value is -2.59. The minimum atomic E-state index is 1.02. The summed E-state index contributed by atoms with van der Waals surface area (Å²) in [6.07, 6.45) is 0. The lowest BCUT2D eigenvalue weighted by molar-refractivity contribution is 0.249. The molecule has 4 rings (SSSR count). The van der Waals surface area contributed by atoms with E-state index in [1.165, 1.54) is 28.1 Å². The van der Waals surface area contributed by atoms with Gasteiger partial charge in [-0.15, -0.1) is 0 Å². The molecule has 1 saturated heterocycles. The Morgan fingerprint density at radius 2 is 1.50 bits per heavy atom. The normalized spacial score (nSPS) is 15.4. The highest BCUT2D eigenvalue weighted by atomic mass is 15.3.